The maximum absolute atomic E-state index is 11.9. The molecule has 0 N–H and O–H groups in total. The topological polar surface area (TPSA) is 88.9 Å². The van der Waals surface area contributed by atoms with Crippen molar-refractivity contribution in [3.05, 3.63) is 73.7 Å². The molecule has 0 fully saturated rings. The van der Waals surface area contributed by atoms with Gasteiger partial charge in [-0.25, -0.2) is 0 Å². The lowest BCUT2D eigenvalue weighted by atomic mass is 10.1. The number of hydrogen-bond donors (Lipinski definition) is 0. The monoisotopic (exact) mass is 269 g/mol. The highest BCUT2D eigenvalue weighted by atomic mass is 16.6. The smallest absolute Gasteiger partial charge is 0.288 e. The first-order valence-corrected chi connectivity index (χ1v) is 5.87. The van der Waals surface area contributed by atoms with Gasteiger partial charge in [-0.05, 0) is 18.6 Å². The molecule has 0 atom stereocenters. The highest BCUT2D eigenvalue weighted by Crippen LogP contribution is 2.16. The van der Waals surface area contributed by atoms with Gasteiger partial charge in [-0.15, -0.1) is 0 Å². The molecule has 0 aliphatic rings. The molecule has 6 heteroatoms. The Morgan fingerprint density at radius 2 is 2.00 bits per heavy atom. The SMILES string of the molecule is Cc1c([N+](=O)[O-])ccc(=O)n1Cc1ccccc1C#N. The van der Waals surface area contributed by atoms with Crippen LogP contribution in [0.3, 0.4) is 0 Å². The second kappa shape index (κ2) is 5.36. The summed E-state index contributed by atoms with van der Waals surface area (Å²) >= 11 is 0. The number of nitrogens with zero attached hydrogens (tertiary/aromatic N) is 3. The van der Waals surface area contributed by atoms with Crippen molar-refractivity contribution in [1.29, 1.82) is 5.26 Å². The maximum atomic E-state index is 11.9. The summed E-state index contributed by atoms with van der Waals surface area (Å²) in [6.07, 6.45) is 0. The highest BCUT2D eigenvalue weighted by Gasteiger charge is 2.15. The van der Waals surface area contributed by atoms with Gasteiger partial charge >= 0.3 is 0 Å². The Balaban J connectivity index is 2.55. The van der Waals surface area contributed by atoms with Gasteiger partial charge in [0.15, 0.2) is 0 Å². The van der Waals surface area contributed by atoms with Gasteiger partial charge in [0.1, 0.15) is 0 Å². The van der Waals surface area contributed by atoms with Crippen LogP contribution in [0.1, 0.15) is 16.8 Å². The molecular weight excluding hydrogens is 258 g/mol. The van der Waals surface area contributed by atoms with Crippen molar-refractivity contribution in [3.8, 4) is 6.07 Å². The predicted molar refractivity (Wildman–Crippen MR) is 72.4 cm³/mol. The zero-order valence-corrected chi connectivity index (χ0v) is 10.7. The predicted octanol–water partition coefficient (Wildman–Crippen LogP) is 1.98. The molecule has 0 amide bonds. The van der Waals surface area contributed by atoms with Crippen molar-refractivity contribution in [2.75, 3.05) is 0 Å². The Kier molecular flexibility index (Phi) is 3.62. The van der Waals surface area contributed by atoms with Gasteiger partial charge in [0.05, 0.1) is 28.8 Å². The number of aromatic nitrogens is 1. The Hall–Kier alpha value is -2.94. The molecule has 1 aromatic heterocycles. The minimum atomic E-state index is -0.526. The minimum absolute atomic E-state index is 0.112. The lowest BCUT2D eigenvalue weighted by Gasteiger charge is -2.10. The molecule has 1 heterocycles. The molecule has 100 valence electrons. The minimum Gasteiger partial charge on any atom is -0.302 e. The van der Waals surface area contributed by atoms with E-state index in [-0.39, 0.29) is 23.5 Å². The summed E-state index contributed by atoms with van der Waals surface area (Å²) in [5.41, 5.74) is 0.932. The molecule has 0 saturated carbocycles. The molecule has 6 nitrogen and oxygen atoms in total. The van der Waals surface area contributed by atoms with Crippen LogP contribution < -0.4 is 5.56 Å². The van der Waals surface area contributed by atoms with Crippen LogP contribution in [-0.2, 0) is 6.54 Å². The summed E-state index contributed by atoms with van der Waals surface area (Å²) in [6.45, 7) is 1.66. The van der Waals surface area contributed by atoms with E-state index in [1.165, 1.54) is 23.6 Å². The molecule has 0 saturated heterocycles. The van der Waals surface area contributed by atoms with Crippen molar-refractivity contribution in [1.82, 2.24) is 4.57 Å². The van der Waals surface area contributed by atoms with E-state index < -0.39 is 4.92 Å². The summed E-state index contributed by atoms with van der Waals surface area (Å²) in [4.78, 5) is 22.2. The number of rotatable bonds is 3. The third-order valence-corrected chi connectivity index (χ3v) is 3.09. The molecule has 20 heavy (non-hydrogen) atoms. The zero-order chi connectivity index (χ0) is 14.7. The number of nitro groups is 1. The number of pyridine rings is 1. The van der Waals surface area contributed by atoms with E-state index in [9.17, 15) is 14.9 Å². The first-order valence-electron chi connectivity index (χ1n) is 5.87. The largest absolute Gasteiger partial charge is 0.302 e. The molecule has 0 unspecified atom stereocenters. The second-order valence-corrected chi connectivity index (χ2v) is 4.25. The summed E-state index contributed by atoms with van der Waals surface area (Å²) in [5.74, 6) is 0. The molecule has 2 rings (SSSR count). The molecular formula is C14H11N3O3. The third-order valence-electron chi connectivity index (χ3n) is 3.09. The number of benzene rings is 1. The molecule has 0 aliphatic carbocycles. The van der Waals surface area contributed by atoms with Crippen molar-refractivity contribution in [2.45, 2.75) is 13.5 Å². The lowest BCUT2D eigenvalue weighted by Crippen LogP contribution is -2.23. The van der Waals surface area contributed by atoms with E-state index in [0.717, 1.165) is 0 Å². The van der Waals surface area contributed by atoms with E-state index in [4.69, 9.17) is 5.26 Å². The van der Waals surface area contributed by atoms with Crippen molar-refractivity contribution < 1.29 is 4.92 Å². The molecule has 1 aromatic carbocycles. The third kappa shape index (κ3) is 2.42. The average molecular weight is 269 g/mol. The summed E-state index contributed by atoms with van der Waals surface area (Å²) in [6, 6.07) is 11.3. The Morgan fingerprint density at radius 1 is 1.30 bits per heavy atom. The van der Waals surface area contributed by atoms with Crippen molar-refractivity contribution in [3.63, 3.8) is 0 Å². The molecule has 0 spiro atoms. The van der Waals surface area contributed by atoms with E-state index in [0.29, 0.717) is 11.1 Å². The maximum Gasteiger partial charge on any atom is 0.288 e. The van der Waals surface area contributed by atoms with Crippen LogP contribution in [0.25, 0.3) is 0 Å². The van der Waals surface area contributed by atoms with E-state index >= 15 is 0 Å². The summed E-state index contributed by atoms with van der Waals surface area (Å²) < 4.78 is 1.30. The number of hydrogen-bond acceptors (Lipinski definition) is 4. The van der Waals surface area contributed by atoms with Crippen LogP contribution in [0, 0.1) is 28.4 Å². The van der Waals surface area contributed by atoms with Crippen LogP contribution >= 0.6 is 0 Å². The Labute approximate surface area is 114 Å². The molecule has 2 aromatic rings. The number of nitriles is 1. The Morgan fingerprint density at radius 3 is 2.65 bits per heavy atom. The normalized spacial score (nSPS) is 10.0. The van der Waals surface area contributed by atoms with Crippen molar-refractivity contribution >= 4 is 5.69 Å². The zero-order valence-electron chi connectivity index (χ0n) is 10.7. The summed E-state index contributed by atoms with van der Waals surface area (Å²) in [7, 11) is 0. The molecule has 0 aliphatic heterocycles. The van der Waals surface area contributed by atoms with Crippen LogP contribution in [0.4, 0.5) is 5.69 Å². The van der Waals surface area contributed by atoms with Crippen LogP contribution in [0.15, 0.2) is 41.2 Å². The molecule has 0 bridgehead atoms. The van der Waals surface area contributed by atoms with Crippen molar-refractivity contribution in [2.24, 2.45) is 0 Å². The van der Waals surface area contributed by atoms with Gasteiger partial charge in [0.25, 0.3) is 11.2 Å². The van der Waals surface area contributed by atoms with Crippen LogP contribution in [-0.4, -0.2) is 9.49 Å². The lowest BCUT2D eigenvalue weighted by molar-refractivity contribution is -0.386. The fraction of sp³-hybridized carbons (Fsp3) is 0.143. The van der Waals surface area contributed by atoms with E-state index in [1.54, 1.807) is 24.3 Å². The molecule has 0 radical (unpaired) electrons. The van der Waals surface area contributed by atoms with Gasteiger partial charge in [-0.3, -0.25) is 14.9 Å². The Bertz CT molecular complexity index is 772. The fourth-order valence-corrected chi connectivity index (χ4v) is 1.99. The van der Waals surface area contributed by atoms with Gasteiger partial charge in [-0.1, -0.05) is 18.2 Å². The van der Waals surface area contributed by atoms with E-state index in [2.05, 4.69) is 0 Å². The quantitative estimate of drug-likeness (QED) is 0.629. The highest BCUT2D eigenvalue weighted by molar-refractivity contribution is 5.39. The first kappa shape index (κ1) is 13.5. The van der Waals surface area contributed by atoms with Gasteiger partial charge < -0.3 is 4.57 Å². The fourth-order valence-electron chi connectivity index (χ4n) is 1.99. The van der Waals surface area contributed by atoms with Crippen LogP contribution in [0.2, 0.25) is 0 Å². The first-order chi connectivity index (χ1) is 9.54. The average Bonchev–Trinajstić information content (AvgIpc) is 2.43. The van der Waals surface area contributed by atoms with E-state index in [1.807, 2.05) is 6.07 Å². The second-order valence-electron chi connectivity index (χ2n) is 4.25. The van der Waals surface area contributed by atoms with Crippen LogP contribution in [0.5, 0.6) is 0 Å². The summed E-state index contributed by atoms with van der Waals surface area (Å²) in [5, 5.41) is 19.9. The van der Waals surface area contributed by atoms with Gasteiger partial charge in [0.2, 0.25) is 0 Å². The van der Waals surface area contributed by atoms with Gasteiger partial charge in [-0.2, -0.15) is 5.26 Å². The van der Waals surface area contributed by atoms with Gasteiger partial charge in [0, 0.05) is 12.1 Å². The standard InChI is InChI=1S/C14H11N3O3/c1-10-13(17(19)20)6-7-14(18)16(10)9-12-5-3-2-4-11(12)8-15/h2-7H,9H2,1H3.